The van der Waals surface area contributed by atoms with Gasteiger partial charge in [0.2, 0.25) is 0 Å². The zero-order valence-corrected chi connectivity index (χ0v) is 16.9. The van der Waals surface area contributed by atoms with Crippen LogP contribution in [0.4, 0.5) is 0 Å². The van der Waals surface area contributed by atoms with Crippen LogP contribution in [0.5, 0.6) is 0 Å². The topological polar surface area (TPSA) is 0 Å². The molecule has 0 fully saturated rings. The van der Waals surface area contributed by atoms with Gasteiger partial charge in [-0.25, -0.2) is 0 Å². The van der Waals surface area contributed by atoms with E-state index in [2.05, 4.69) is 102 Å². The number of benzene rings is 2. The summed E-state index contributed by atoms with van der Waals surface area (Å²) in [6.07, 6.45) is 0. The molecule has 0 nitrogen and oxygen atoms in total. The molecule has 0 N–H and O–H groups in total. The fraction of sp³-hybridized carbons (Fsp3) is 0. The predicted molar refractivity (Wildman–Crippen MR) is 90.1 cm³/mol. The van der Waals surface area contributed by atoms with Crippen molar-refractivity contribution in [1.29, 1.82) is 0 Å². The lowest BCUT2D eigenvalue weighted by Crippen LogP contribution is -1.84. The van der Waals surface area contributed by atoms with Gasteiger partial charge in [0.05, 0.1) is 0 Å². The van der Waals surface area contributed by atoms with Crippen LogP contribution in [0.15, 0.2) is 39.0 Å². The normalized spacial score (nSPS) is 11.1. The molecule has 0 saturated carbocycles. The van der Waals surface area contributed by atoms with Crippen molar-refractivity contribution in [3.05, 3.63) is 39.0 Å². The average molecular weight is 602 g/mol. The Bertz CT molecular complexity index is 590. The maximum absolute atomic E-state index is 3.60. The molecule has 0 radical (unpaired) electrons. The van der Waals surface area contributed by atoms with E-state index >= 15 is 0 Å². The summed E-state index contributed by atoms with van der Waals surface area (Å²) in [5, 5.41) is 2.26. The lowest BCUT2D eigenvalue weighted by atomic mass is 10.1. The largest absolute Gasteiger partial charge is 0.0501 e. The SMILES string of the molecule is Brc1cc2c(Br)cc(Br)c(Br)c2c(Br)c1Br. The molecule has 2 aromatic rings. The summed E-state index contributed by atoms with van der Waals surface area (Å²) < 4.78 is 6.14. The van der Waals surface area contributed by atoms with Gasteiger partial charge in [-0.05, 0) is 97.2 Å². The van der Waals surface area contributed by atoms with Gasteiger partial charge in [-0.3, -0.25) is 0 Å². The van der Waals surface area contributed by atoms with Crippen molar-refractivity contribution in [3.63, 3.8) is 0 Å². The molecule has 0 aliphatic heterocycles. The molecule has 0 spiro atoms. The Balaban J connectivity index is 3.07. The van der Waals surface area contributed by atoms with Crippen LogP contribution in [0.1, 0.15) is 0 Å². The number of hydrogen-bond donors (Lipinski definition) is 0. The van der Waals surface area contributed by atoms with Crippen LogP contribution in [0.3, 0.4) is 0 Å². The molecule has 0 atom stereocenters. The first-order valence-electron chi connectivity index (χ1n) is 4.04. The van der Waals surface area contributed by atoms with Gasteiger partial charge in [-0.1, -0.05) is 15.9 Å². The molecule has 16 heavy (non-hydrogen) atoms. The molecule has 0 unspecified atom stereocenters. The molecular formula is C10H2Br6. The Morgan fingerprint density at radius 2 is 1.12 bits per heavy atom. The van der Waals surface area contributed by atoms with E-state index in [9.17, 15) is 0 Å². The third-order valence-corrected chi connectivity index (χ3v) is 8.05. The molecule has 6 heteroatoms. The molecule has 2 aromatic carbocycles. The highest BCUT2D eigenvalue weighted by molar-refractivity contribution is 9.14. The maximum Gasteiger partial charge on any atom is 0.0466 e. The van der Waals surface area contributed by atoms with Crippen molar-refractivity contribution in [2.24, 2.45) is 0 Å². The predicted octanol–water partition coefficient (Wildman–Crippen LogP) is 7.41. The molecule has 0 aliphatic carbocycles. The van der Waals surface area contributed by atoms with Crippen LogP contribution >= 0.6 is 95.6 Å². The Kier molecular flexibility index (Phi) is 4.63. The number of hydrogen-bond acceptors (Lipinski definition) is 0. The standard InChI is InChI=1S/C10H2Br6/c11-4-2-6(13)8(14)7-3(4)1-5(12)9(15)10(7)16/h1-2H. The highest BCUT2D eigenvalue weighted by Gasteiger charge is 2.14. The summed E-state index contributed by atoms with van der Waals surface area (Å²) in [6, 6.07) is 4.10. The van der Waals surface area contributed by atoms with Crippen LogP contribution in [-0.2, 0) is 0 Å². The lowest BCUT2D eigenvalue weighted by Gasteiger charge is -2.11. The summed E-state index contributed by atoms with van der Waals surface area (Å²) in [4.78, 5) is 0. The second-order valence-electron chi connectivity index (χ2n) is 3.06. The van der Waals surface area contributed by atoms with Crippen LogP contribution < -0.4 is 0 Å². The first kappa shape index (κ1) is 14.0. The summed E-state index contributed by atoms with van der Waals surface area (Å²) >= 11 is 21.3. The number of halogens is 6. The molecule has 0 saturated heterocycles. The van der Waals surface area contributed by atoms with Gasteiger partial charge in [0.1, 0.15) is 0 Å². The van der Waals surface area contributed by atoms with Gasteiger partial charge in [0.15, 0.2) is 0 Å². The zero-order valence-electron chi connectivity index (χ0n) is 7.42. The van der Waals surface area contributed by atoms with Crippen LogP contribution in [0.25, 0.3) is 10.8 Å². The minimum Gasteiger partial charge on any atom is -0.0501 e. The van der Waals surface area contributed by atoms with E-state index in [1.54, 1.807) is 0 Å². The molecular weight excluding hydrogens is 600 g/mol. The molecule has 0 amide bonds. The van der Waals surface area contributed by atoms with Crippen molar-refractivity contribution < 1.29 is 0 Å². The Morgan fingerprint density at radius 3 is 1.75 bits per heavy atom. The van der Waals surface area contributed by atoms with Crippen molar-refractivity contribution >= 4 is 106 Å². The lowest BCUT2D eigenvalue weighted by molar-refractivity contribution is 1.55. The molecule has 0 aliphatic rings. The van der Waals surface area contributed by atoms with Crippen molar-refractivity contribution in [2.45, 2.75) is 0 Å². The summed E-state index contributed by atoms with van der Waals surface area (Å²) in [7, 11) is 0. The van der Waals surface area contributed by atoms with Crippen molar-refractivity contribution in [1.82, 2.24) is 0 Å². The van der Waals surface area contributed by atoms with E-state index in [0.29, 0.717) is 0 Å². The van der Waals surface area contributed by atoms with Crippen molar-refractivity contribution in [3.8, 4) is 0 Å². The van der Waals surface area contributed by atoms with Crippen LogP contribution in [-0.4, -0.2) is 0 Å². The molecule has 0 bridgehead atoms. The summed E-state index contributed by atoms with van der Waals surface area (Å²) in [5.41, 5.74) is 0. The Labute approximate surface area is 143 Å². The molecule has 2 rings (SSSR count). The molecule has 84 valence electrons. The van der Waals surface area contributed by atoms with E-state index in [4.69, 9.17) is 0 Å². The van der Waals surface area contributed by atoms with Gasteiger partial charge in [0, 0.05) is 32.2 Å². The zero-order chi connectivity index (χ0) is 12.0. The van der Waals surface area contributed by atoms with Gasteiger partial charge in [-0.2, -0.15) is 0 Å². The highest BCUT2D eigenvalue weighted by atomic mass is 79.9. The first-order valence-corrected chi connectivity index (χ1v) is 8.80. The second kappa shape index (κ2) is 5.29. The van der Waals surface area contributed by atoms with Gasteiger partial charge < -0.3 is 0 Å². The van der Waals surface area contributed by atoms with Crippen molar-refractivity contribution in [2.75, 3.05) is 0 Å². The average Bonchev–Trinajstić information content (AvgIpc) is 2.22. The molecule has 0 heterocycles. The van der Waals surface area contributed by atoms with E-state index in [-0.39, 0.29) is 0 Å². The molecule has 0 aromatic heterocycles. The Morgan fingerprint density at radius 1 is 0.562 bits per heavy atom. The van der Waals surface area contributed by atoms with E-state index < -0.39 is 0 Å². The quantitative estimate of drug-likeness (QED) is 0.218. The summed E-state index contributed by atoms with van der Waals surface area (Å²) in [5.74, 6) is 0. The van der Waals surface area contributed by atoms with Crippen LogP contribution in [0.2, 0.25) is 0 Å². The number of rotatable bonds is 0. The first-order chi connectivity index (χ1) is 7.43. The minimum absolute atomic E-state index is 1.01. The van der Waals surface area contributed by atoms with Gasteiger partial charge in [0.25, 0.3) is 0 Å². The fourth-order valence-electron chi connectivity index (χ4n) is 1.37. The van der Waals surface area contributed by atoms with Crippen LogP contribution in [0, 0.1) is 0 Å². The maximum atomic E-state index is 3.60. The third-order valence-electron chi connectivity index (χ3n) is 2.10. The third kappa shape index (κ3) is 2.35. The smallest absolute Gasteiger partial charge is 0.0466 e. The minimum atomic E-state index is 1.01. The van der Waals surface area contributed by atoms with E-state index in [1.807, 2.05) is 6.07 Å². The van der Waals surface area contributed by atoms with E-state index in [1.165, 1.54) is 0 Å². The van der Waals surface area contributed by atoms with Gasteiger partial charge >= 0.3 is 0 Å². The summed E-state index contributed by atoms with van der Waals surface area (Å²) in [6.45, 7) is 0. The second-order valence-corrected chi connectivity index (χ2v) is 8.01. The van der Waals surface area contributed by atoms with E-state index in [0.717, 1.165) is 37.6 Å². The fourth-order valence-corrected chi connectivity index (χ4v) is 5.07. The monoisotopic (exact) mass is 596 g/mol. The number of fused-ring (bicyclic) bond motifs is 1. The Hall–Kier alpha value is 1.58. The highest BCUT2D eigenvalue weighted by Crippen LogP contribution is 2.45. The van der Waals surface area contributed by atoms with Gasteiger partial charge in [-0.15, -0.1) is 0 Å².